The highest BCUT2D eigenvalue weighted by molar-refractivity contribution is 14.0. The zero-order valence-electron chi connectivity index (χ0n) is 11.3. The number of halogens is 1. The molecule has 0 fully saturated rings. The topological polar surface area (TPSA) is 65.9 Å². The molecule has 0 aliphatic rings. The van der Waals surface area contributed by atoms with Crippen LogP contribution in [0.4, 0.5) is 0 Å². The number of guanidine groups is 1. The number of methoxy groups -OCH3 is 1. The van der Waals surface area contributed by atoms with Gasteiger partial charge in [-0.15, -0.1) is 24.0 Å². The summed E-state index contributed by atoms with van der Waals surface area (Å²) in [5, 5.41) is 14.9. The van der Waals surface area contributed by atoms with Gasteiger partial charge in [0.2, 0.25) is 0 Å². The fourth-order valence-corrected chi connectivity index (χ4v) is 1.46. The zero-order chi connectivity index (χ0) is 13.2. The van der Waals surface area contributed by atoms with Crippen LogP contribution in [0.25, 0.3) is 0 Å². The van der Waals surface area contributed by atoms with E-state index in [2.05, 4.69) is 15.6 Å². The third-order valence-electron chi connectivity index (χ3n) is 2.30. The molecule has 0 aromatic heterocycles. The van der Waals surface area contributed by atoms with Crippen molar-refractivity contribution in [2.24, 2.45) is 4.99 Å². The average molecular weight is 379 g/mol. The highest BCUT2D eigenvalue weighted by Gasteiger charge is 1.98. The second-order valence-corrected chi connectivity index (χ2v) is 3.70. The summed E-state index contributed by atoms with van der Waals surface area (Å²) in [6, 6.07) is 7.81. The van der Waals surface area contributed by atoms with E-state index in [4.69, 9.17) is 9.84 Å². The van der Waals surface area contributed by atoms with Gasteiger partial charge in [0.15, 0.2) is 5.96 Å². The van der Waals surface area contributed by atoms with E-state index >= 15 is 0 Å². The third-order valence-corrected chi connectivity index (χ3v) is 2.30. The number of hydrogen-bond donors (Lipinski definition) is 3. The predicted octanol–water partition coefficient (Wildman–Crippen LogP) is 1.36. The average Bonchev–Trinajstić information content (AvgIpc) is 2.42. The van der Waals surface area contributed by atoms with Crippen LogP contribution in [0.15, 0.2) is 29.3 Å². The van der Waals surface area contributed by atoms with Gasteiger partial charge in [-0.05, 0) is 24.6 Å². The molecule has 0 bridgehead atoms. The van der Waals surface area contributed by atoms with Crippen LogP contribution in [-0.4, -0.2) is 37.9 Å². The Labute approximate surface area is 131 Å². The molecule has 1 rings (SSSR count). The Morgan fingerprint density at radius 1 is 1.37 bits per heavy atom. The lowest BCUT2D eigenvalue weighted by molar-refractivity contribution is 0.300. The molecule has 0 spiro atoms. The van der Waals surface area contributed by atoms with E-state index in [1.807, 2.05) is 31.2 Å². The van der Waals surface area contributed by atoms with Gasteiger partial charge in [-0.1, -0.05) is 12.1 Å². The molecule has 0 unspecified atom stereocenters. The molecular weight excluding hydrogens is 357 g/mol. The molecule has 3 N–H and O–H groups in total. The van der Waals surface area contributed by atoms with Crippen LogP contribution in [0, 0.1) is 0 Å². The molecule has 5 nitrogen and oxygen atoms in total. The second kappa shape index (κ2) is 10.9. The van der Waals surface area contributed by atoms with E-state index in [9.17, 15) is 0 Å². The van der Waals surface area contributed by atoms with E-state index in [1.54, 1.807) is 7.11 Å². The van der Waals surface area contributed by atoms with Crippen molar-refractivity contribution in [1.82, 2.24) is 10.6 Å². The molecule has 0 aliphatic heterocycles. The maximum Gasteiger partial charge on any atom is 0.191 e. The third kappa shape index (κ3) is 7.22. The number of nitrogens with one attached hydrogen (secondary N) is 2. The lowest BCUT2D eigenvalue weighted by Gasteiger charge is -2.10. The maximum absolute atomic E-state index is 8.78. The van der Waals surface area contributed by atoms with E-state index in [-0.39, 0.29) is 30.6 Å². The molecule has 0 saturated carbocycles. The first-order valence-electron chi connectivity index (χ1n) is 6.06. The molecule has 6 heteroatoms. The summed E-state index contributed by atoms with van der Waals surface area (Å²) in [5.74, 6) is 1.53. The number of rotatable bonds is 6. The number of nitrogens with zero attached hydrogens (tertiary/aromatic N) is 1. The summed E-state index contributed by atoms with van der Waals surface area (Å²) in [6.45, 7) is 3.93. The van der Waals surface area contributed by atoms with Crippen LogP contribution >= 0.6 is 24.0 Å². The minimum absolute atomic E-state index is 0. The summed E-state index contributed by atoms with van der Waals surface area (Å²) in [6.07, 6.45) is 0. The normalized spacial score (nSPS) is 10.6. The van der Waals surface area contributed by atoms with Crippen LogP contribution in [0.3, 0.4) is 0 Å². The first-order chi connectivity index (χ1) is 8.80. The maximum atomic E-state index is 8.78. The van der Waals surface area contributed by atoms with Gasteiger partial charge in [0.25, 0.3) is 0 Å². The van der Waals surface area contributed by atoms with E-state index in [0.29, 0.717) is 19.0 Å². The van der Waals surface area contributed by atoms with Gasteiger partial charge in [-0.3, -0.25) is 0 Å². The smallest absolute Gasteiger partial charge is 0.191 e. The van der Waals surface area contributed by atoms with Gasteiger partial charge in [0.1, 0.15) is 5.75 Å². The first kappa shape index (κ1) is 18.0. The van der Waals surface area contributed by atoms with Crippen molar-refractivity contribution in [3.8, 4) is 5.75 Å². The molecule has 19 heavy (non-hydrogen) atoms. The number of hydrogen-bond acceptors (Lipinski definition) is 3. The SMILES string of the molecule is CCNC(=NCc1cccc(OC)c1)NCCO.I. The molecule has 0 heterocycles. The standard InChI is InChI=1S/C13H21N3O2.HI/c1-3-14-13(15-7-8-17)16-10-11-5-4-6-12(9-11)18-2;/h4-6,9,17H,3,7-8,10H2,1-2H3,(H2,14,15,16);1H. The van der Waals surface area contributed by atoms with Crippen LogP contribution in [0.2, 0.25) is 0 Å². The zero-order valence-corrected chi connectivity index (χ0v) is 13.7. The van der Waals surface area contributed by atoms with Crippen molar-refractivity contribution < 1.29 is 9.84 Å². The van der Waals surface area contributed by atoms with Gasteiger partial charge in [0, 0.05) is 13.1 Å². The molecule has 0 amide bonds. The Kier molecular flexibility index (Phi) is 10.3. The van der Waals surface area contributed by atoms with Crippen LogP contribution < -0.4 is 15.4 Å². The molecule has 108 valence electrons. The largest absolute Gasteiger partial charge is 0.497 e. The number of benzene rings is 1. The quantitative estimate of drug-likeness (QED) is 0.397. The molecule has 0 aliphatic carbocycles. The fourth-order valence-electron chi connectivity index (χ4n) is 1.46. The van der Waals surface area contributed by atoms with Crippen molar-refractivity contribution in [3.05, 3.63) is 29.8 Å². The van der Waals surface area contributed by atoms with Crippen molar-refractivity contribution >= 4 is 29.9 Å². The Morgan fingerprint density at radius 2 is 2.16 bits per heavy atom. The highest BCUT2D eigenvalue weighted by Crippen LogP contribution is 2.12. The summed E-state index contributed by atoms with van der Waals surface area (Å²) >= 11 is 0. The summed E-state index contributed by atoms with van der Waals surface area (Å²) in [4.78, 5) is 4.42. The number of aliphatic hydroxyl groups is 1. The minimum Gasteiger partial charge on any atom is -0.497 e. The van der Waals surface area contributed by atoms with Crippen molar-refractivity contribution in [3.63, 3.8) is 0 Å². The van der Waals surface area contributed by atoms with Gasteiger partial charge in [-0.2, -0.15) is 0 Å². The Morgan fingerprint density at radius 3 is 2.79 bits per heavy atom. The van der Waals surface area contributed by atoms with E-state index < -0.39 is 0 Å². The first-order valence-corrected chi connectivity index (χ1v) is 6.06. The van der Waals surface area contributed by atoms with Gasteiger partial charge in [-0.25, -0.2) is 4.99 Å². The highest BCUT2D eigenvalue weighted by atomic mass is 127. The van der Waals surface area contributed by atoms with Gasteiger partial charge in [0.05, 0.1) is 20.3 Å². The Balaban J connectivity index is 0.00000324. The van der Waals surface area contributed by atoms with Crippen molar-refractivity contribution in [2.75, 3.05) is 26.8 Å². The van der Waals surface area contributed by atoms with Crippen LogP contribution in [-0.2, 0) is 6.54 Å². The van der Waals surface area contributed by atoms with Crippen LogP contribution in [0.5, 0.6) is 5.75 Å². The van der Waals surface area contributed by atoms with E-state index in [1.165, 1.54) is 0 Å². The lowest BCUT2D eigenvalue weighted by atomic mass is 10.2. The van der Waals surface area contributed by atoms with Gasteiger partial charge >= 0.3 is 0 Å². The van der Waals surface area contributed by atoms with Crippen LogP contribution in [0.1, 0.15) is 12.5 Å². The Hall–Kier alpha value is -1.02. The van der Waals surface area contributed by atoms with E-state index in [0.717, 1.165) is 17.9 Å². The predicted molar refractivity (Wildman–Crippen MR) is 88.3 cm³/mol. The minimum atomic E-state index is 0. The Bertz CT molecular complexity index is 386. The molecule has 0 radical (unpaired) electrons. The fraction of sp³-hybridized carbons (Fsp3) is 0.462. The number of ether oxygens (including phenoxy) is 1. The van der Waals surface area contributed by atoms with Crippen molar-refractivity contribution in [2.45, 2.75) is 13.5 Å². The summed E-state index contributed by atoms with van der Waals surface area (Å²) < 4.78 is 5.16. The molecule has 0 atom stereocenters. The van der Waals surface area contributed by atoms with Gasteiger partial charge < -0.3 is 20.5 Å². The molecule has 1 aromatic carbocycles. The van der Waals surface area contributed by atoms with Crippen molar-refractivity contribution in [1.29, 1.82) is 0 Å². The molecule has 1 aromatic rings. The summed E-state index contributed by atoms with van der Waals surface area (Å²) in [7, 11) is 1.65. The molecule has 0 saturated heterocycles. The molecular formula is C13H22IN3O2. The lowest BCUT2D eigenvalue weighted by Crippen LogP contribution is -2.38. The second-order valence-electron chi connectivity index (χ2n) is 3.70. The monoisotopic (exact) mass is 379 g/mol. The number of aliphatic imine (C=N–C) groups is 1. The summed E-state index contributed by atoms with van der Waals surface area (Å²) in [5.41, 5.74) is 1.08. The number of aliphatic hydroxyl groups excluding tert-OH is 1.